The summed E-state index contributed by atoms with van der Waals surface area (Å²) in [6.45, 7) is 3.07. The van der Waals surface area contributed by atoms with E-state index < -0.39 is 0 Å². The maximum absolute atomic E-state index is 12.9. The van der Waals surface area contributed by atoms with Gasteiger partial charge >= 0.3 is 0 Å². The van der Waals surface area contributed by atoms with E-state index in [1.54, 1.807) is 10.9 Å². The number of nitrogens with zero attached hydrogens (tertiary/aromatic N) is 5. The highest BCUT2D eigenvalue weighted by Crippen LogP contribution is 2.23. The van der Waals surface area contributed by atoms with Crippen LogP contribution in [0.5, 0.6) is 0 Å². The Balaban J connectivity index is 1.75. The Morgan fingerprint density at radius 1 is 1.32 bits per heavy atom. The zero-order valence-corrected chi connectivity index (χ0v) is 14.1. The molecule has 2 N–H and O–H groups in total. The molecule has 0 spiro atoms. The van der Waals surface area contributed by atoms with Crippen molar-refractivity contribution in [1.82, 2.24) is 24.9 Å². The number of amides is 1. The van der Waals surface area contributed by atoms with Crippen molar-refractivity contribution in [2.75, 3.05) is 13.1 Å². The van der Waals surface area contributed by atoms with Gasteiger partial charge in [-0.05, 0) is 31.9 Å². The molecule has 1 aliphatic rings. The maximum atomic E-state index is 12.9. The zero-order chi connectivity index (χ0) is 17.4. The van der Waals surface area contributed by atoms with Gasteiger partial charge in [0, 0.05) is 30.7 Å². The zero-order valence-electron chi connectivity index (χ0n) is 14.1. The van der Waals surface area contributed by atoms with Crippen molar-refractivity contribution in [2.45, 2.75) is 25.8 Å². The van der Waals surface area contributed by atoms with Gasteiger partial charge in [0.05, 0.1) is 16.9 Å². The van der Waals surface area contributed by atoms with Crippen LogP contribution in [0, 0.1) is 6.92 Å². The molecule has 0 bridgehead atoms. The SMILES string of the molecule is Cc1c(C(=O)N2CCC[C@H]2CN)nnn1-c1cccc2cccnc12. The predicted octanol–water partition coefficient (Wildman–Crippen LogP) is 1.69. The van der Waals surface area contributed by atoms with Crippen molar-refractivity contribution in [3.8, 4) is 5.69 Å². The van der Waals surface area contributed by atoms with Gasteiger partial charge in [0.2, 0.25) is 0 Å². The normalized spacial score (nSPS) is 17.4. The van der Waals surface area contributed by atoms with Crippen molar-refractivity contribution in [2.24, 2.45) is 5.73 Å². The van der Waals surface area contributed by atoms with E-state index in [1.807, 2.05) is 42.2 Å². The molecule has 1 atom stereocenters. The minimum atomic E-state index is -0.0927. The Labute approximate surface area is 145 Å². The van der Waals surface area contributed by atoms with Crippen LogP contribution in [0.4, 0.5) is 0 Å². The quantitative estimate of drug-likeness (QED) is 0.786. The van der Waals surface area contributed by atoms with Gasteiger partial charge in [-0.2, -0.15) is 0 Å². The van der Waals surface area contributed by atoms with E-state index in [0.717, 1.165) is 36.0 Å². The minimum Gasteiger partial charge on any atom is -0.333 e. The number of pyridine rings is 1. The Morgan fingerprint density at radius 3 is 3.00 bits per heavy atom. The van der Waals surface area contributed by atoms with Crippen LogP contribution in [-0.2, 0) is 0 Å². The van der Waals surface area contributed by atoms with E-state index in [1.165, 1.54) is 0 Å². The fourth-order valence-electron chi connectivity index (χ4n) is 3.50. The van der Waals surface area contributed by atoms with Crippen LogP contribution in [0.15, 0.2) is 36.5 Å². The number of carbonyl (C=O) groups excluding carboxylic acids is 1. The topological polar surface area (TPSA) is 89.9 Å². The Bertz CT molecular complexity index is 929. The molecule has 2 aromatic heterocycles. The van der Waals surface area contributed by atoms with Crippen LogP contribution < -0.4 is 5.73 Å². The van der Waals surface area contributed by atoms with Crippen molar-refractivity contribution >= 4 is 16.8 Å². The Morgan fingerprint density at radius 2 is 2.16 bits per heavy atom. The molecule has 4 rings (SSSR count). The van der Waals surface area contributed by atoms with Crippen LogP contribution in [0.3, 0.4) is 0 Å². The number of likely N-dealkylation sites (tertiary alicyclic amines) is 1. The highest BCUT2D eigenvalue weighted by molar-refractivity contribution is 5.94. The van der Waals surface area contributed by atoms with E-state index >= 15 is 0 Å². The molecule has 0 unspecified atom stereocenters. The molecule has 128 valence electrons. The van der Waals surface area contributed by atoms with Gasteiger partial charge < -0.3 is 10.6 Å². The van der Waals surface area contributed by atoms with Crippen LogP contribution in [0.1, 0.15) is 29.0 Å². The number of carbonyl (C=O) groups is 1. The van der Waals surface area contributed by atoms with Crippen molar-refractivity contribution in [1.29, 1.82) is 0 Å². The summed E-state index contributed by atoms with van der Waals surface area (Å²) < 4.78 is 1.69. The molecule has 3 aromatic rings. The average Bonchev–Trinajstić information content (AvgIpc) is 3.27. The number of aromatic nitrogens is 4. The number of benzene rings is 1. The third kappa shape index (κ3) is 2.56. The van der Waals surface area contributed by atoms with Gasteiger partial charge in [-0.15, -0.1) is 5.10 Å². The number of hydrogen-bond acceptors (Lipinski definition) is 5. The lowest BCUT2D eigenvalue weighted by Crippen LogP contribution is -2.40. The maximum Gasteiger partial charge on any atom is 0.276 e. The molecule has 7 heteroatoms. The number of fused-ring (bicyclic) bond motifs is 1. The second-order valence-electron chi connectivity index (χ2n) is 6.32. The molecule has 3 heterocycles. The molecule has 1 saturated heterocycles. The summed E-state index contributed by atoms with van der Waals surface area (Å²) in [5, 5.41) is 9.41. The van der Waals surface area contributed by atoms with Crippen molar-refractivity contribution in [3.05, 3.63) is 47.9 Å². The van der Waals surface area contributed by atoms with E-state index in [9.17, 15) is 4.79 Å². The first-order chi connectivity index (χ1) is 12.2. The van der Waals surface area contributed by atoms with Gasteiger partial charge in [0.25, 0.3) is 5.91 Å². The summed E-state index contributed by atoms with van der Waals surface area (Å²) in [6.07, 6.45) is 3.68. The summed E-state index contributed by atoms with van der Waals surface area (Å²) in [6, 6.07) is 9.88. The van der Waals surface area contributed by atoms with E-state index in [0.29, 0.717) is 17.9 Å². The van der Waals surface area contributed by atoms with Crippen LogP contribution >= 0.6 is 0 Å². The van der Waals surface area contributed by atoms with E-state index in [-0.39, 0.29) is 11.9 Å². The van der Waals surface area contributed by atoms with Crippen molar-refractivity contribution < 1.29 is 4.79 Å². The Kier molecular flexibility index (Phi) is 3.93. The molecule has 25 heavy (non-hydrogen) atoms. The molecule has 1 amide bonds. The first-order valence-corrected chi connectivity index (χ1v) is 8.48. The first kappa shape index (κ1) is 15.7. The lowest BCUT2D eigenvalue weighted by atomic mass is 10.2. The van der Waals surface area contributed by atoms with Gasteiger partial charge in [-0.1, -0.05) is 23.4 Å². The van der Waals surface area contributed by atoms with Crippen molar-refractivity contribution in [3.63, 3.8) is 0 Å². The third-order valence-electron chi connectivity index (χ3n) is 4.85. The predicted molar refractivity (Wildman–Crippen MR) is 94.5 cm³/mol. The average molecular weight is 336 g/mol. The van der Waals surface area contributed by atoms with E-state index in [2.05, 4.69) is 15.3 Å². The largest absolute Gasteiger partial charge is 0.333 e. The third-order valence-corrected chi connectivity index (χ3v) is 4.85. The summed E-state index contributed by atoms with van der Waals surface area (Å²) in [5.74, 6) is -0.0927. The lowest BCUT2D eigenvalue weighted by molar-refractivity contribution is 0.0734. The molecular weight excluding hydrogens is 316 g/mol. The second-order valence-corrected chi connectivity index (χ2v) is 6.32. The fourth-order valence-corrected chi connectivity index (χ4v) is 3.50. The molecule has 0 saturated carbocycles. The number of nitrogens with two attached hydrogens (primary N) is 1. The minimum absolute atomic E-state index is 0.0927. The highest BCUT2D eigenvalue weighted by Gasteiger charge is 2.31. The van der Waals surface area contributed by atoms with Gasteiger partial charge in [-0.3, -0.25) is 9.78 Å². The Hall–Kier alpha value is -2.80. The van der Waals surface area contributed by atoms with Crippen LogP contribution in [-0.4, -0.2) is 49.9 Å². The molecule has 0 radical (unpaired) electrons. The first-order valence-electron chi connectivity index (χ1n) is 8.48. The molecular formula is C18H20N6O. The smallest absolute Gasteiger partial charge is 0.276 e. The highest BCUT2D eigenvalue weighted by atomic mass is 16.2. The summed E-state index contributed by atoms with van der Waals surface area (Å²) in [7, 11) is 0. The number of para-hydroxylation sites is 1. The van der Waals surface area contributed by atoms with Gasteiger partial charge in [0.15, 0.2) is 5.69 Å². The molecule has 1 fully saturated rings. The molecule has 1 aromatic carbocycles. The van der Waals surface area contributed by atoms with Crippen LogP contribution in [0.25, 0.3) is 16.6 Å². The molecule has 0 aliphatic carbocycles. The monoisotopic (exact) mass is 336 g/mol. The van der Waals surface area contributed by atoms with Crippen LogP contribution in [0.2, 0.25) is 0 Å². The lowest BCUT2D eigenvalue weighted by Gasteiger charge is -2.22. The number of rotatable bonds is 3. The molecule has 7 nitrogen and oxygen atoms in total. The summed E-state index contributed by atoms with van der Waals surface area (Å²) in [5.41, 5.74) is 8.54. The van der Waals surface area contributed by atoms with E-state index in [4.69, 9.17) is 5.73 Å². The second kappa shape index (κ2) is 6.25. The molecule has 1 aliphatic heterocycles. The summed E-state index contributed by atoms with van der Waals surface area (Å²) in [4.78, 5) is 19.2. The summed E-state index contributed by atoms with van der Waals surface area (Å²) >= 11 is 0. The number of hydrogen-bond donors (Lipinski definition) is 1. The van der Waals surface area contributed by atoms with Gasteiger partial charge in [0.1, 0.15) is 0 Å². The standard InChI is InChI=1S/C18H20N6O/c1-12-16(18(25)23-10-4-7-14(23)11-19)21-22-24(12)15-8-2-5-13-6-3-9-20-17(13)15/h2-3,5-6,8-9,14H,4,7,10-11,19H2,1H3/t14-/m0/s1. The fraction of sp³-hybridized carbons (Fsp3) is 0.333. The van der Waals surface area contributed by atoms with Gasteiger partial charge in [-0.25, -0.2) is 4.68 Å².